The summed E-state index contributed by atoms with van der Waals surface area (Å²) in [5, 5.41) is 17.3. The van der Waals surface area contributed by atoms with E-state index in [-0.39, 0.29) is 16.6 Å². The smallest absolute Gasteiger partial charge is 0.326 e. The molecule has 7 heteroatoms. The van der Waals surface area contributed by atoms with Gasteiger partial charge in [-0.15, -0.1) is 0 Å². The van der Waals surface area contributed by atoms with Crippen LogP contribution in [0.2, 0.25) is 0 Å². The zero-order chi connectivity index (χ0) is 31.6. The number of anilines is 1. The topological polar surface area (TPSA) is 78.4 Å². The van der Waals surface area contributed by atoms with Crippen LogP contribution in [0.4, 0.5) is 5.69 Å². The molecule has 5 nitrogen and oxygen atoms in total. The van der Waals surface area contributed by atoms with Gasteiger partial charge in [0.1, 0.15) is 6.04 Å². The number of benzene rings is 2. The molecule has 1 heterocycles. The van der Waals surface area contributed by atoms with Crippen molar-refractivity contribution in [3.63, 3.8) is 0 Å². The lowest BCUT2D eigenvalue weighted by Crippen LogP contribution is -2.34. The largest absolute Gasteiger partial charge is 0.480 e. The van der Waals surface area contributed by atoms with E-state index in [9.17, 15) is 14.7 Å². The van der Waals surface area contributed by atoms with Crippen LogP contribution in [-0.4, -0.2) is 47.0 Å². The van der Waals surface area contributed by atoms with Gasteiger partial charge in [-0.05, 0) is 116 Å². The van der Waals surface area contributed by atoms with E-state index in [0.29, 0.717) is 6.42 Å². The van der Waals surface area contributed by atoms with E-state index in [1.54, 1.807) is 6.08 Å². The summed E-state index contributed by atoms with van der Waals surface area (Å²) in [5.41, 5.74) is 5.21. The van der Waals surface area contributed by atoms with Crippen molar-refractivity contribution < 1.29 is 14.7 Å². The molecule has 2 aromatic rings. The molecule has 2 aliphatic rings. The van der Waals surface area contributed by atoms with E-state index >= 15 is 0 Å². The second-order valence-corrected chi connectivity index (χ2v) is 16.6. The first kappa shape index (κ1) is 34.6. The van der Waals surface area contributed by atoms with Crippen LogP contribution in [0.1, 0.15) is 119 Å². The molecule has 44 heavy (non-hydrogen) atoms. The van der Waals surface area contributed by atoms with Crippen LogP contribution < -0.4 is 10.6 Å². The summed E-state index contributed by atoms with van der Waals surface area (Å²) < 4.78 is 0. The van der Waals surface area contributed by atoms with Crippen molar-refractivity contribution in [2.75, 3.05) is 24.2 Å². The minimum absolute atomic E-state index is 0.00706. The molecular formula is C37H52N2O3S2. The van der Waals surface area contributed by atoms with Gasteiger partial charge in [0.05, 0.1) is 0 Å². The summed E-state index contributed by atoms with van der Waals surface area (Å²) in [6, 6.07) is 13.2. The summed E-state index contributed by atoms with van der Waals surface area (Å²) in [7, 11) is 4.09. The molecule has 1 fully saturated rings. The number of unbranched alkanes of at least 4 members (excludes halogenated alkanes) is 3. The number of ketones is 1. The van der Waals surface area contributed by atoms with Crippen molar-refractivity contribution in [1.82, 2.24) is 5.32 Å². The van der Waals surface area contributed by atoms with Crippen molar-refractivity contribution in [1.29, 1.82) is 0 Å². The molecule has 0 radical (unpaired) electrons. The third kappa shape index (κ3) is 10.1. The third-order valence-corrected chi connectivity index (χ3v) is 12.3. The Hall–Kier alpha value is -2.22. The fourth-order valence-corrected chi connectivity index (χ4v) is 9.27. The van der Waals surface area contributed by atoms with Crippen LogP contribution in [0.25, 0.3) is 6.08 Å². The van der Waals surface area contributed by atoms with Gasteiger partial charge in [-0.1, -0.05) is 92.5 Å². The molecule has 0 saturated carbocycles. The fraction of sp³-hybridized carbons (Fsp3) is 0.568. The van der Waals surface area contributed by atoms with Crippen LogP contribution in [0.5, 0.6) is 0 Å². The van der Waals surface area contributed by atoms with Crippen molar-refractivity contribution >= 4 is 45.1 Å². The van der Waals surface area contributed by atoms with Crippen LogP contribution >= 0.6 is 21.6 Å². The lowest BCUT2D eigenvalue weighted by Gasteiger charge is -2.42. The van der Waals surface area contributed by atoms with Crippen LogP contribution in [0, 0.1) is 0 Å². The van der Waals surface area contributed by atoms with Crippen molar-refractivity contribution in [3.8, 4) is 0 Å². The van der Waals surface area contributed by atoms with Gasteiger partial charge >= 0.3 is 5.97 Å². The Morgan fingerprint density at radius 2 is 1.64 bits per heavy atom. The highest BCUT2D eigenvalue weighted by Gasteiger charge is 2.37. The lowest BCUT2D eigenvalue weighted by molar-refractivity contribution is -0.138. The van der Waals surface area contributed by atoms with E-state index in [2.05, 4.69) is 61.3 Å². The average Bonchev–Trinajstić information content (AvgIpc) is 3.52. The molecule has 2 atom stereocenters. The number of carbonyl (C=O) groups is 2. The summed E-state index contributed by atoms with van der Waals surface area (Å²) in [6.07, 6.45) is 14.7. The second kappa shape index (κ2) is 16.4. The zero-order valence-corrected chi connectivity index (χ0v) is 28.8. The molecule has 0 spiro atoms. The molecule has 2 aromatic carbocycles. The number of rotatable bonds is 17. The van der Waals surface area contributed by atoms with Crippen LogP contribution in [-0.2, 0) is 15.6 Å². The minimum atomic E-state index is -0.831. The first-order chi connectivity index (χ1) is 21.0. The highest BCUT2D eigenvalue weighted by atomic mass is 33.1. The van der Waals surface area contributed by atoms with Crippen molar-refractivity contribution in [2.24, 2.45) is 0 Å². The molecule has 4 rings (SSSR count). The average molecular weight is 637 g/mol. The maximum atomic E-state index is 13.1. The van der Waals surface area contributed by atoms with Gasteiger partial charge in [0, 0.05) is 22.3 Å². The van der Waals surface area contributed by atoms with E-state index in [1.807, 2.05) is 47.2 Å². The van der Waals surface area contributed by atoms with E-state index in [1.165, 1.54) is 49.0 Å². The summed E-state index contributed by atoms with van der Waals surface area (Å²) in [4.78, 5) is 24.9. The molecule has 3 N–H and O–H groups in total. The number of carboxylic acid groups (broad SMARTS) is 1. The lowest BCUT2D eigenvalue weighted by atomic mass is 9.63. The third-order valence-electron chi connectivity index (χ3n) is 9.32. The number of aliphatic carboxylic acids is 1. The monoisotopic (exact) mass is 636 g/mol. The maximum Gasteiger partial charge on any atom is 0.326 e. The number of hydrogen-bond acceptors (Lipinski definition) is 6. The Morgan fingerprint density at radius 1 is 0.932 bits per heavy atom. The molecule has 0 bridgehead atoms. The number of allylic oxidation sites excluding steroid dienone is 1. The SMILES string of the molecule is CC1(C)CCC(C)(C)c2cc(C(=O)C=Cc3ccc(NC(CCCCNCCCCC[C@@H]4CCSS4)C(=O)O)cc3)ccc21. The van der Waals surface area contributed by atoms with E-state index in [0.717, 1.165) is 60.8 Å². The van der Waals surface area contributed by atoms with Gasteiger partial charge in [-0.25, -0.2) is 4.79 Å². The Balaban J connectivity index is 1.18. The van der Waals surface area contributed by atoms with Gasteiger partial charge in [-0.2, -0.15) is 0 Å². The fourth-order valence-electron chi connectivity index (χ4n) is 6.25. The molecule has 240 valence electrons. The van der Waals surface area contributed by atoms with Crippen LogP contribution in [0.15, 0.2) is 48.5 Å². The standard InChI is InChI=1S/C37H52N2O3S2/c1-36(2)21-22-37(3,4)32-26-28(15-18-31(32)36)34(40)19-14-27-12-16-29(17-13-27)39-33(35(41)42)11-7-9-24-38-23-8-5-6-10-30-20-25-43-44-30/h12-19,26,30,33,38-39H,5-11,20-25H2,1-4H3,(H,41,42)/t30-,33?/m1/s1. The molecule has 0 aromatic heterocycles. The number of carbonyl (C=O) groups excluding carboxylic acids is 1. The van der Waals surface area contributed by atoms with Crippen LogP contribution in [0.3, 0.4) is 0 Å². The number of fused-ring (bicyclic) bond motifs is 1. The van der Waals surface area contributed by atoms with Gasteiger partial charge in [0.15, 0.2) is 5.78 Å². The molecule has 1 unspecified atom stereocenters. The Bertz CT molecular complexity index is 1270. The molecule has 1 saturated heterocycles. The maximum absolute atomic E-state index is 13.1. The Morgan fingerprint density at radius 3 is 2.32 bits per heavy atom. The summed E-state index contributed by atoms with van der Waals surface area (Å²) in [5.74, 6) is 0.479. The van der Waals surface area contributed by atoms with Gasteiger partial charge in [0.25, 0.3) is 0 Å². The quantitative estimate of drug-likeness (QED) is 0.0691. The normalized spacial score (nSPS) is 19.5. The second-order valence-electron chi connectivity index (χ2n) is 13.8. The molecular weight excluding hydrogens is 585 g/mol. The highest BCUT2D eigenvalue weighted by Crippen LogP contribution is 2.46. The predicted molar refractivity (Wildman–Crippen MR) is 190 cm³/mol. The Labute approximate surface area is 273 Å². The molecule has 0 amide bonds. The van der Waals surface area contributed by atoms with Crippen molar-refractivity contribution in [3.05, 3.63) is 70.8 Å². The first-order valence-corrected chi connectivity index (χ1v) is 18.9. The van der Waals surface area contributed by atoms with Gasteiger partial charge in [-0.3, -0.25) is 4.79 Å². The van der Waals surface area contributed by atoms with Gasteiger partial charge in [0.2, 0.25) is 0 Å². The number of carboxylic acids is 1. The minimum Gasteiger partial charge on any atom is -0.480 e. The van der Waals surface area contributed by atoms with Crippen molar-refractivity contribution in [2.45, 2.75) is 114 Å². The van der Waals surface area contributed by atoms with E-state index < -0.39 is 12.0 Å². The number of hydrogen-bond donors (Lipinski definition) is 3. The summed E-state index contributed by atoms with van der Waals surface area (Å²) >= 11 is 0. The Kier molecular flexibility index (Phi) is 12.9. The van der Waals surface area contributed by atoms with Gasteiger partial charge < -0.3 is 15.7 Å². The highest BCUT2D eigenvalue weighted by molar-refractivity contribution is 8.77. The zero-order valence-electron chi connectivity index (χ0n) is 27.1. The van der Waals surface area contributed by atoms with E-state index in [4.69, 9.17) is 0 Å². The molecule has 1 aliphatic carbocycles. The molecule has 1 aliphatic heterocycles. The number of nitrogens with one attached hydrogen (secondary N) is 2. The summed E-state index contributed by atoms with van der Waals surface area (Å²) in [6.45, 7) is 11.1. The predicted octanol–water partition coefficient (Wildman–Crippen LogP) is 9.27. The first-order valence-electron chi connectivity index (χ1n) is 16.5.